The van der Waals surface area contributed by atoms with Crippen LogP contribution in [0.5, 0.6) is 0 Å². The molecule has 1 aromatic heterocycles. The Kier molecular flexibility index (Phi) is 4.72. The predicted molar refractivity (Wildman–Crippen MR) is 63.4 cm³/mol. The Morgan fingerprint density at radius 2 is 2.13 bits per heavy atom. The molecule has 3 heteroatoms. The first kappa shape index (κ1) is 12.1. The van der Waals surface area contributed by atoms with Crippen LogP contribution in [0.3, 0.4) is 0 Å². The third kappa shape index (κ3) is 3.01. The van der Waals surface area contributed by atoms with E-state index in [4.69, 9.17) is 5.73 Å². The molecule has 2 unspecified atom stereocenters. The van der Waals surface area contributed by atoms with Gasteiger partial charge in [0.05, 0.1) is 11.7 Å². The third-order valence-corrected chi connectivity index (χ3v) is 2.87. The van der Waals surface area contributed by atoms with Gasteiger partial charge in [-0.2, -0.15) is 0 Å². The molecular weight excluding hydrogens is 186 g/mol. The van der Waals surface area contributed by atoms with Gasteiger partial charge < -0.3 is 11.1 Å². The summed E-state index contributed by atoms with van der Waals surface area (Å²) in [5.74, 6) is 0.972. The molecule has 84 valence electrons. The SMILES string of the molecule is CNC(c1ccccn1)C(CN)C(C)C. The van der Waals surface area contributed by atoms with E-state index in [9.17, 15) is 0 Å². The van der Waals surface area contributed by atoms with E-state index >= 15 is 0 Å². The van der Waals surface area contributed by atoms with Crippen molar-refractivity contribution in [2.24, 2.45) is 17.6 Å². The van der Waals surface area contributed by atoms with E-state index < -0.39 is 0 Å². The molecule has 0 amide bonds. The van der Waals surface area contributed by atoms with Gasteiger partial charge in [0.15, 0.2) is 0 Å². The van der Waals surface area contributed by atoms with Gasteiger partial charge in [0.2, 0.25) is 0 Å². The van der Waals surface area contributed by atoms with Crippen LogP contribution in [0, 0.1) is 11.8 Å². The van der Waals surface area contributed by atoms with Gasteiger partial charge in [0, 0.05) is 6.20 Å². The van der Waals surface area contributed by atoms with Gasteiger partial charge in [-0.25, -0.2) is 0 Å². The second-order valence-corrected chi connectivity index (χ2v) is 4.16. The normalized spacial score (nSPS) is 15.3. The van der Waals surface area contributed by atoms with E-state index in [0.29, 0.717) is 18.4 Å². The molecule has 0 bridgehead atoms. The van der Waals surface area contributed by atoms with Crippen LogP contribution >= 0.6 is 0 Å². The summed E-state index contributed by atoms with van der Waals surface area (Å²) in [6.45, 7) is 5.08. The molecular formula is C12H21N3. The van der Waals surface area contributed by atoms with Gasteiger partial charge in [0.25, 0.3) is 0 Å². The zero-order valence-corrected chi connectivity index (χ0v) is 9.77. The topological polar surface area (TPSA) is 50.9 Å². The summed E-state index contributed by atoms with van der Waals surface area (Å²) in [6.07, 6.45) is 1.83. The molecule has 0 aliphatic heterocycles. The largest absolute Gasteiger partial charge is 0.330 e. The quantitative estimate of drug-likeness (QED) is 0.770. The molecule has 2 atom stereocenters. The molecule has 0 saturated heterocycles. The molecule has 0 aliphatic carbocycles. The molecule has 1 aromatic rings. The Hall–Kier alpha value is -0.930. The smallest absolute Gasteiger partial charge is 0.0576 e. The summed E-state index contributed by atoms with van der Waals surface area (Å²) in [5.41, 5.74) is 6.89. The molecule has 0 saturated carbocycles. The lowest BCUT2D eigenvalue weighted by Gasteiger charge is -2.28. The molecule has 0 radical (unpaired) electrons. The average Bonchev–Trinajstić information content (AvgIpc) is 2.26. The van der Waals surface area contributed by atoms with Crippen molar-refractivity contribution in [2.75, 3.05) is 13.6 Å². The molecule has 3 N–H and O–H groups in total. The standard InChI is InChI=1S/C12H21N3/c1-9(2)10(8-13)12(14-3)11-6-4-5-7-15-11/h4-7,9-10,12,14H,8,13H2,1-3H3. The maximum atomic E-state index is 5.82. The van der Waals surface area contributed by atoms with Gasteiger partial charge in [-0.1, -0.05) is 19.9 Å². The van der Waals surface area contributed by atoms with Crippen molar-refractivity contribution < 1.29 is 0 Å². The zero-order chi connectivity index (χ0) is 11.3. The van der Waals surface area contributed by atoms with Gasteiger partial charge in [-0.15, -0.1) is 0 Å². The highest BCUT2D eigenvalue weighted by Crippen LogP contribution is 2.25. The molecule has 0 fully saturated rings. The lowest BCUT2D eigenvalue weighted by atomic mass is 9.86. The van der Waals surface area contributed by atoms with E-state index in [1.54, 1.807) is 0 Å². The summed E-state index contributed by atoms with van der Waals surface area (Å²) in [7, 11) is 1.96. The monoisotopic (exact) mass is 207 g/mol. The predicted octanol–water partition coefficient (Wildman–Crippen LogP) is 1.57. The number of nitrogens with zero attached hydrogens (tertiary/aromatic N) is 1. The number of rotatable bonds is 5. The number of hydrogen-bond acceptors (Lipinski definition) is 3. The van der Waals surface area contributed by atoms with Crippen molar-refractivity contribution in [1.82, 2.24) is 10.3 Å². The highest BCUT2D eigenvalue weighted by atomic mass is 14.9. The van der Waals surface area contributed by atoms with Gasteiger partial charge in [-0.05, 0) is 37.6 Å². The summed E-state index contributed by atoms with van der Waals surface area (Å²) in [6, 6.07) is 6.24. The fourth-order valence-electron chi connectivity index (χ4n) is 1.93. The maximum Gasteiger partial charge on any atom is 0.0576 e. The Labute approximate surface area is 92.1 Å². The van der Waals surface area contributed by atoms with Crippen LogP contribution in [0.4, 0.5) is 0 Å². The number of nitrogens with two attached hydrogens (primary N) is 1. The lowest BCUT2D eigenvalue weighted by Crippen LogP contribution is -2.34. The first-order valence-electron chi connectivity index (χ1n) is 5.49. The van der Waals surface area contributed by atoms with Crippen molar-refractivity contribution in [1.29, 1.82) is 0 Å². The summed E-state index contributed by atoms with van der Waals surface area (Å²) in [4.78, 5) is 4.38. The van der Waals surface area contributed by atoms with Crippen LogP contribution in [-0.2, 0) is 0 Å². The van der Waals surface area contributed by atoms with E-state index in [0.717, 1.165) is 5.69 Å². The summed E-state index contributed by atoms with van der Waals surface area (Å²) >= 11 is 0. The van der Waals surface area contributed by atoms with Crippen molar-refractivity contribution in [3.63, 3.8) is 0 Å². The third-order valence-electron chi connectivity index (χ3n) is 2.87. The van der Waals surface area contributed by atoms with Crippen LogP contribution < -0.4 is 11.1 Å². The molecule has 3 nitrogen and oxygen atoms in total. The molecule has 15 heavy (non-hydrogen) atoms. The number of pyridine rings is 1. The second-order valence-electron chi connectivity index (χ2n) is 4.16. The minimum absolute atomic E-state index is 0.246. The van der Waals surface area contributed by atoms with Gasteiger partial charge in [-0.3, -0.25) is 4.98 Å². The Morgan fingerprint density at radius 1 is 1.40 bits per heavy atom. The summed E-state index contributed by atoms with van der Waals surface area (Å²) < 4.78 is 0. The molecule has 1 heterocycles. The van der Waals surface area contributed by atoms with Gasteiger partial charge in [0.1, 0.15) is 0 Å². The molecule has 0 aliphatic rings. The molecule has 1 rings (SSSR count). The van der Waals surface area contributed by atoms with Crippen LogP contribution in [0.15, 0.2) is 24.4 Å². The summed E-state index contributed by atoms with van der Waals surface area (Å²) in [5, 5.41) is 3.31. The second kappa shape index (κ2) is 5.83. The molecule has 0 aromatic carbocycles. The highest BCUT2D eigenvalue weighted by molar-refractivity contribution is 5.10. The van der Waals surface area contributed by atoms with Crippen LogP contribution in [0.25, 0.3) is 0 Å². The maximum absolute atomic E-state index is 5.82. The number of hydrogen-bond donors (Lipinski definition) is 2. The van der Waals surface area contributed by atoms with E-state index in [-0.39, 0.29) is 6.04 Å². The Bertz CT molecular complexity index is 271. The fourth-order valence-corrected chi connectivity index (χ4v) is 1.93. The van der Waals surface area contributed by atoms with Gasteiger partial charge >= 0.3 is 0 Å². The Morgan fingerprint density at radius 3 is 2.53 bits per heavy atom. The number of aromatic nitrogens is 1. The lowest BCUT2D eigenvalue weighted by molar-refractivity contribution is 0.294. The van der Waals surface area contributed by atoms with E-state index in [1.807, 2.05) is 31.4 Å². The van der Waals surface area contributed by atoms with Crippen molar-refractivity contribution in [2.45, 2.75) is 19.9 Å². The van der Waals surface area contributed by atoms with Crippen LogP contribution in [-0.4, -0.2) is 18.6 Å². The zero-order valence-electron chi connectivity index (χ0n) is 9.77. The first-order valence-corrected chi connectivity index (χ1v) is 5.49. The minimum Gasteiger partial charge on any atom is -0.330 e. The number of nitrogens with one attached hydrogen (secondary N) is 1. The van der Waals surface area contributed by atoms with Crippen LogP contribution in [0.2, 0.25) is 0 Å². The molecule has 0 spiro atoms. The van der Waals surface area contributed by atoms with Crippen molar-refractivity contribution in [3.8, 4) is 0 Å². The van der Waals surface area contributed by atoms with Crippen LogP contribution in [0.1, 0.15) is 25.6 Å². The first-order chi connectivity index (χ1) is 7.20. The fraction of sp³-hybridized carbons (Fsp3) is 0.583. The van der Waals surface area contributed by atoms with Crippen molar-refractivity contribution in [3.05, 3.63) is 30.1 Å². The van der Waals surface area contributed by atoms with E-state index in [2.05, 4.69) is 24.1 Å². The highest BCUT2D eigenvalue weighted by Gasteiger charge is 2.23. The Balaban J connectivity index is 2.87. The van der Waals surface area contributed by atoms with E-state index in [1.165, 1.54) is 0 Å². The van der Waals surface area contributed by atoms with Crippen molar-refractivity contribution >= 4 is 0 Å². The average molecular weight is 207 g/mol. The minimum atomic E-state index is 0.246.